The van der Waals surface area contributed by atoms with Crippen LogP contribution in [0.5, 0.6) is 0 Å². The molecule has 0 spiro atoms. The standard InChI is InChI=1S/C23H16ClN3O5/c24-15-9-11-16(12-10-15)25-22(28)19-20(14-5-2-1-3-6-14)26(32-21(19)23(25)29)17-7-4-8-18(13-17)27(30)31/h1-13,19-21H/t19-,20+,21+/m1/s1. The number of hydrogen-bond donors (Lipinski definition) is 0. The van der Waals surface area contributed by atoms with Crippen molar-refractivity contribution in [3.63, 3.8) is 0 Å². The molecule has 0 radical (unpaired) electrons. The first-order chi connectivity index (χ1) is 15.5. The monoisotopic (exact) mass is 449 g/mol. The fraction of sp³-hybridized carbons (Fsp3) is 0.130. The topological polar surface area (TPSA) is 93.0 Å². The molecule has 0 aliphatic carbocycles. The lowest BCUT2D eigenvalue weighted by Gasteiger charge is -2.28. The minimum absolute atomic E-state index is 0.115. The van der Waals surface area contributed by atoms with E-state index in [1.54, 1.807) is 30.3 Å². The lowest BCUT2D eigenvalue weighted by molar-refractivity contribution is -0.384. The van der Waals surface area contributed by atoms with Gasteiger partial charge in [0.25, 0.3) is 11.6 Å². The van der Waals surface area contributed by atoms with Crippen LogP contribution in [-0.4, -0.2) is 22.8 Å². The summed E-state index contributed by atoms with van der Waals surface area (Å²) in [5.74, 6) is -1.71. The summed E-state index contributed by atoms with van der Waals surface area (Å²) in [6.07, 6.45) is -1.05. The lowest BCUT2D eigenvalue weighted by Crippen LogP contribution is -2.37. The highest BCUT2D eigenvalue weighted by molar-refractivity contribution is 6.31. The number of amides is 2. The molecule has 0 aromatic heterocycles. The number of hydroxylamine groups is 1. The van der Waals surface area contributed by atoms with Crippen molar-refractivity contribution < 1.29 is 19.3 Å². The summed E-state index contributed by atoms with van der Waals surface area (Å²) >= 11 is 5.94. The van der Waals surface area contributed by atoms with Crippen LogP contribution in [0.3, 0.4) is 0 Å². The third kappa shape index (κ3) is 3.21. The van der Waals surface area contributed by atoms with Gasteiger partial charge in [-0.25, -0.2) is 9.96 Å². The van der Waals surface area contributed by atoms with Gasteiger partial charge in [0.15, 0.2) is 6.10 Å². The van der Waals surface area contributed by atoms with E-state index < -0.39 is 34.8 Å². The maximum absolute atomic E-state index is 13.5. The number of nitrogens with zero attached hydrogens (tertiary/aromatic N) is 3. The minimum atomic E-state index is -1.05. The second-order valence-corrected chi connectivity index (χ2v) is 7.93. The highest BCUT2D eigenvalue weighted by Crippen LogP contribution is 2.47. The summed E-state index contributed by atoms with van der Waals surface area (Å²) in [5.41, 5.74) is 1.44. The molecule has 3 aromatic rings. The van der Waals surface area contributed by atoms with Crippen molar-refractivity contribution in [3.05, 3.63) is 99.6 Å². The molecule has 32 heavy (non-hydrogen) atoms. The zero-order valence-corrected chi connectivity index (χ0v) is 17.3. The second kappa shape index (κ2) is 7.74. The molecule has 0 N–H and O–H groups in total. The number of benzene rings is 3. The normalized spacial score (nSPS) is 22.3. The summed E-state index contributed by atoms with van der Waals surface area (Å²) < 4.78 is 0. The Morgan fingerprint density at radius 2 is 1.59 bits per heavy atom. The number of anilines is 2. The number of carbonyl (C=O) groups excluding carboxylic acids is 2. The van der Waals surface area contributed by atoms with Gasteiger partial charge in [-0.3, -0.25) is 24.5 Å². The summed E-state index contributed by atoms with van der Waals surface area (Å²) in [5, 5.41) is 13.2. The number of nitro benzene ring substituents is 1. The van der Waals surface area contributed by atoms with Crippen LogP contribution in [0, 0.1) is 16.0 Å². The fourth-order valence-corrected chi connectivity index (χ4v) is 4.34. The molecule has 8 nitrogen and oxygen atoms in total. The van der Waals surface area contributed by atoms with Crippen LogP contribution in [0.4, 0.5) is 17.1 Å². The highest BCUT2D eigenvalue weighted by Gasteiger charge is 2.60. The van der Waals surface area contributed by atoms with Gasteiger partial charge in [0.1, 0.15) is 5.92 Å². The summed E-state index contributed by atoms with van der Waals surface area (Å²) in [6.45, 7) is 0. The molecule has 3 atom stereocenters. The van der Waals surface area contributed by atoms with Gasteiger partial charge in [0.2, 0.25) is 5.91 Å². The van der Waals surface area contributed by atoms with Gasteiger partial charge in [0.05, 0.1) is 22.3 Å². The Morgan fingerprint density at radius 1 is 0.875 bits per heavy atom. The zero-order valence-electron chi connectivity index (χ0n) is 16.5. The van der Waals surface area contributed by atoms with Crippen LogP contribution in [0.15, 0.2) is 78.9 Å². The smallest absolute Gasteiger partial charge is 0.271 e. The van der Waals surface area contributed by atoms with Crippen molar-refractivity contribution >= 4 is 40.5 Å². The zero-order chi connectivity index (χ0) is 22.4. The molecule has 0 bridgehead atoms. The van der Waals surface area contributed by atoms with Crippen LogP contribution in [0.25, 0.3) is 0 Å². The van der Waals surface area contributed by atoms with Crippen molar-refractivity contribution in [2.45, 2.75) is 12.1 Å². The Balaban J connectivity index is 1.58. The van der Waals surface area contributed by atoms with Crippen LogP contribution in [0.2, 0.25) is 5.02 Å². The first kappa shape index (κ1) is 20.2. The third-order valence-corrected chi connectivity index (χ3v) is 5.89. The molecule has 2 heterocycles. The van der Waals surface area contributed by atoms with Crippen LogP contribution < -0.4 is 9.96 Å². The second-order valence-electron chi connectivity index (χ2n) is 7.50. The largest absolute Gasteiger partial charge is 0.273 e. The number of hydrogen-bond acceptors (Lipinski definition) is 6. The average molecular weight is 450 g/mol. The number of carbonyl (C=O) groups is 2. The molecule has 0 unspecified atom stereocenters. The van der Waals surface area contributed by atoms with E-state index in [-0.39, 0.29) is 5.69 Å². The number of rotatable bonds is 4. The van der Waals surface area contributed by atoms with Crippen molar-refractivity contribution in [1.82, 2.24) is 0 Å². The van der Waals surface area contributed by atoms with Crippen molar-refractivity contribution in [2.24, 2.45) is 5.92 Å². The van der Waals surface area contributed by atoms with Gasteiger partial charge in [-0.1, -0.05) is 48.0 Å². The van der Waals surface area contributed by atoms with E-state index in [1.807, 2.05) is 30.3 Å². The predicted octanol–water partition coefficient (Wildman–Crippen LogP) is 4.30. The van der Waals surface area contributed by atoms with Crippen molar-refractivity contribution in [3.8, 4) is 0 Å². The lowest BCUT2D eigenvalue weighted by atomic mass is 9.90. The maximum Gasteiger partial charge on any atom is 0.271 e. The first-order valence-electron chi connectivity index (χ1n) is 9.84. The van der Waals surface area contributed by atoms with E-state index in [1.165, 1.54) is 23.3 Å². The molecular weight excluding hydrogens is 434 g/mol. The minimum Gasteiger partial charge on any atom is -0.273 e. The molecule has 2 aliphatic rings. The number of imide groups is 1. The Kier molecular flexibility index (Phi) is 4.88. The number of fused-ring (bicyclic) bond motifs is 1. The van der Waals surface area contributed by atoms with Crippen LogP contribution in [-0.2, 0) is 14.4 Å². The SMILES string of the molecule is O=C1[C@H]2[C@H](ON(c3cccc([N+](=O)[O-])c3)[C@H]2c2ccccc2)C(=O)N1c1ccc(Cl)cc1. The maximum atomic E-state index is 13.5. The first-order valence-corrected chi connectivity index (χ1v) is 10.2. The molecule has 5 rings (SSSR count). The van der Waals surface area contributed by atoms with E-state index in [0.29, 0.717) is 16.4 Å². The summed E-state index contributed by atoms with van der Waals surface area (Å²) in [6, 6.07) is 20.9. The summed E-state index contributed by atoms with van der Waals surface area (Å²) in [4.78, 5) is 44.6. The molecule has 160 valence electrons. The predicted molar refractivity (Wildman–Crippen MR) is 117 cm³/mol. The quantitative estimate of drug-likeness (QED) is 0.335. The summed E-state index contributed by atoms with van der Waals surface area (Å²) in [7, 11) is 0. The van der Waals surface area contributed by atoms with Crippen LogP contribution >= 0.6 is 11.6 Å². The Morgan fingerprint density at radius 3 is 2.28 bits per heavy atom. The van der Waals surface area contributed by atoms with E-state index in [2.05, 4.69) is 0 Å². The van der Waals surface area contributed by atoms with E-state index in [0.717, 1.165) is 10.5 Å². The van der Waals surface area contributed by atoms with E-state index in [9.17, 15) is 19.7 Å². The molecule has 2 aliphatic heterocycles. The molecule has 9 heteroatoms. The average Bonchev–Trinajstić information content (AvgIpc) is 3.31. The Hall–Kier alpha value is -3.75. The molecule has 0 saturated carbocycles. The molecular formula is C23H16ClN3O5. The van der Waals surface area contributed by atoms with Gasteiger partial charge in [-0.15, -0.1) is 0 Å². The Labute approximate surface area is 187 Å². The van der Waals surface area contributed by atoms with Gasteiger partial charge >= 0.3 is 0 Å². The molecule has 2 amide bonds. The number of halogens is 1. The highest BCUT2D eigenvalue weighted by atomic mass is 35.5. The van der Waals surface area contributed by atoms with Crippen molar-refractivity contribution in [1.29, 1.82) is 0 Å². The number of non-ortho nitro benzene ring substituents is 1. The van der Waals surface area contributed by atoms with Gasteiger partial charge in [-0.2, -0.15) is 0 Å². The fourth-order valence-electron chi connectivity index (χ4n) is 4.22. The van der Waals surface area contributed by atoms with E-state index in [4.69, 9.17) is 16.4 Å². The Bertz CT molecular complexity index is 1220. The van der Waals surface area contributed by atoms with Gasteiger partial charge < -0.3 is 0 Å². The van der Waals surface area contributed by atoms with Gasteiger partial charge in [0, 0.05) is 17.2 Å². The number of nitro groups is 1. The molecule has 2 fully saturated rings. The van der Waals surface area contributed by atoms with Gasteiger partial charge in [-0.05, 0) is 35.9 Å². The van der Waals surface area contributed by atoms with E-state index >= 15 is 0 Å². The van der Waals surface area contributed by atoms with Crippen LogP contribution in [0.1, 0.15) is 11.6 Å². The van der Waals surface area contributed by atoms with Crippen molar-refractivity contribution in [2.75, 3.05) is 9.96 Å². The molecule has 2 saturated heterocycles. The third-order valence-electron chi connectivity index (χ3n) is 5.64. The molecule has 3 aromatic carbocycles.